The second-order valence-corrected chi connectivity index (χ2v) is 6.70. The molecule has 1 unspecified atom stereocenters. The molecule has 5 heteroatoms. The maximum Gasteiger partial charge on any atom is 0.207 e. The van der Waals surface area contributed by atoms with Gasteiger partial charge in [-0.2, -0.15) is 0 Å². The molecule has 1 atom stereocenters. The zero-order chi connectivity index (χ0) is 13.2. The summed E-state index contributed by atoms with van der Waals surface area (Å²) in [7, 11) is -3.20. The van der Waals surface area contributed by atoms with E-state index in [1.54, 1.807) is 30.3 Å². The second kappa shape index (κ2) is 5.09. The zero-order valence-corrected chi connectivity index (χ0v) is 11.6. The highest BCUT2D eigenvalue weighted by Crippen LogP contribution is 2.24. The maximum atomic E-state index is 12.4. The number of hydrogen-bond donors (Lipinski definition) is 1. The van der Waals surface area contributed by atoms with Gasteiger partial charge in [-0.1, -0.05) is 26.8 Å². The van der Waals surface area contributed by atoms with Crippen LogP contribution in [0, 0.1) is 0 Å². The second-order valence-electron chi connectivity index (χ2n) is 3.75. The molecule has 2 aromatic carbocycles. The van der Waals surface area contributed by atoms with E-state index in [2.05, 4.69) is 0 Å². The first-order valence-electron chi connectivity index (χ1n) is 5.36. The minimum atomic E-state index is -3.50. The molecule has 0 amide bonds. The number of aromatic hydroxyl groups is 1. The zero-order valence-electron chi connectivity index (χ0n) is 9.79. The summed E-state index contributed by atoms with van der Waals surface area (Å²) < 4.78 is 24.9. The van der Waals surface area contributed by atoms with Crippen LogP contribution in [-0.4, -0.2) is 20.2 Å². The monoisotopic (exact) mass is 280 g/mol. The number of benzene rings is 2. The largest absolute Gasteiger partial charge is 0.508 e. The maximum absolute atomic E-state index is 12.4. The summed E-state index contributed by atoms with van der Waals surface area (Å²) in [6.45, 7) is 1.89. The van der Waals surface area contributed by atoms with E-state index in [1.165, 1.54) is 18.2 Å². The van der Waals surface area contributed by atoms with Gasteiger partial charge < -0.3 is 5.11 Å². The summed E-state index contributed by atoms with van der Waals surface area (Å²) in [6, 6.07) is 12.7. The molecular formula is C13H13O3PS. The van der Waals surface area contributed by atoms with Crippen LogP contribution in [0.15, 0.2) is 58.3 Å². The summed E-state index contributed by atoms with van der Waals surface area (Å²) in [5, 5.41) is 10.1. The van der Waals surface area contributed by atoms with E-state index in [1.807, 2.05) is 6.66 Å². The lowest BCUT2D eigenvalue weighted by atomic mass is 10.3. The van der Waals surface area contributed by atoms with Gasteiger partial charge in [0.1, 0.15) is 5.75 Å². The Kier molecular flexibility index (Phi) is 3.69. The number of hydrogen-bond acceptors (Lipinski definition) is 3. The van der Waals surface area contributed by atoms with Crippen LogP contribution in [0.1, 0.15) is 0 Å². The summed E-state index contributed by atoms with van der Waals surface area (Å²) in [5.74, 6) is 0.0892. The lowest BCUT2D eigenvalue weighted by molar-refractivity contribution is 0.475. The van der Waals surface area contributed by atoms with Gasteiger partial charge in [0.25, 0.3) is 0 Å². The van der Waals surface area contributed by atoms with E-state index in [4.69, 9.17) is 0 Å². The first kappa shape index (κ1) is 13.1. The van der Waals surface area contributed by atoms with Crippen LogP contribution < -0.4 is 5.30 Å². The number of phenolic OH excluding ortho intramolecular Hbond substituents is 1. The van der Waals surface area contributed by atoms with Crippen molar-refractivity contribution >= 4 is 23.7 Å². The van der Waals surface area contributed by atoms with Crippen LogP contribution in [0.2, 0.25) is 0 Å². The van der Waals surface area contributed by atoms with E-state index >= 15 is 0 Å². The average Bonchev–Trinajstić information content (AvgIpc) is 2.39. The molecule has 1 N–H and O–H groups in total. The van der Waals surface area contributed by atoms with E-state index in [9.17, 15) is 13.5 Å². The molecule has 0 aromatic heterocycles. The fourth-order valence-electron chi connectivity index (χ4n) is 1.67. The van der Waals surface area contributed by atoms with Crippen molar-refractivity contribution in [3.05, 3.63) is 48.5 Å². The predicted octanol–water partition coefficient (Wildman–Crippen LogP) is 2.16. The molecule has 0 saturated heterocycles. The number of rotatable bonds is 3. The van der Waals surface area contributed by atoms with E-state index in [0.717, 1.165) is 0 Å². The third-order valence-corrected chi connectivity index (χ3v) is 5.54. The predicted molar refractivity (Wildman–Crippen MR) is 73.9 cm³/mol. The Morgan fingerprint density at radius 1 is 1.06 bits per heavy atom. The molecular weight excluding hydrogens is 267 g/mol. The summed E-state index contributed by atoms with van der Waals surface area (Å²) in [6.07, 6.45) is 0. The van der Waals surface area contributed by atoms with Gasteiger partial charge in [-0.3, -0.25) is 0 Å². The first-order valence-corrected chi connectivity index (χ1v) is 8.35. The highest BCUT2D eigenvalue weighted by molar-refractivity contribution is 7.92. The normalized spacial score (nSPS) is 12.1. The highest BCUT2D eigenvalue weighted by Gasteiger charge is 2.20. The SMILES string of the molecule is CPc1cc(O)ccc1S(=O)(=O)c1ccccc1. The molecule has 0 aliphatic rings. The van der Waals surface area contributed by atoms with Gasteiger partial charge in [-0.15, -0.1) is 0 Å². The molecule has 0 heterocycles. The quantitative estimate of drug-likeness (QED) is 0.877. The van der Waals surface area contributed by atoms with Crippen LogP contribution >= 0.6 is 8.58 Å². The van der Waals surface area contributed by atoms with Crippen LogP contribution in [0.25, 0.3) is 0 Å². The first-order chi connectivity index (χ1) is 8.55. The topological polar surface area (TPSA) is 54.4 Å². The molecule has 0 saturated carbocycles. The van der Waals surface area contributed by atoms with Gasteiger partial charge >= 0.3 is 0 Å². The molecule has 2 aromatic rings. The van der Waals surface area contributed by atoms with Crippen molar-refractivity contribution in [1.29, 1.82) is 0 Å². The highest BCUT2D eigenvalue weighted by atomic mass is 32.2. The Morgan fingerprint density at radius 3 is 2.33 bits per heavy atom. The Bertz CT molecular complexity index is 651. The average molecular weight is 280 g/mol. The van der Waals surface area contributed by atoms with Crippen molar-refractivity contribution in [2.45, 2.75) is 9.79 Å². The summed E-state index contributed by atoms with van der Waals surface area (Å²) in [4.78, 5) is 0.544. The van der Waals surface area contributed by atoms with Gasteiger partial charge in [0.15, 0.2) is 0 Å². The molecule has 0 spiro atoms. The Balaban J connectivity index is 2.62. The number of phenols is 1. The standard InChI is InChI=1S/C13H13O3PS/c1-17-12-9-10(14)7-8-13(12)18(15,16)11-5-3-2-4-6-11/h2-9,14,17H,1H3. The molecule has 2 rings (SSSR count). The van der Waals surface area contributed by atoms with Crippen molar-refractivity contribution in [1.82, 2.24) is 0 Å². The fraction of sp³-hybridized carbons (Fsp3) is 0.0769. The lowest BCUT2D eigenvalue weighted by Crippen LogP contribution is -2.11. The Hall–Kier alpha value is -1.38. The molecule has 18 heavy (non-hydrogen) atoms. The fourth-order valence-corrected chi connectivity index (χ4v) is 4.37. The van der Waals surface area contributed by atoms with Crippen molar-refractivity contribution in [3.63, 3.8) is 0 Å². The van der Waals surface area contributed by atoms with E-state index < -0.39 is 9.84 Å². The van der Waals surface area contributed by atoms with Crippen LogP contribution in [0.4, 0.5) is 0 Å². The van der Waals surface area contributed by atoms with E-state index in [-0.39, 0.29) is 15.5 Å². The minimum Gasteiger partial charge on any atom is -0.508 e. The smallest absolute Gasteiger partial charge is 0.207 e. The molecule has 0 aliphatic carbocycles. The molecule has 0 aliphatic heterocycles. The summed E-state index contributed by atoms with van der Waals surface area (Å²) >= 11 is 0. The molecule has 94 valence electrons. The van der Waals surface area contributed by atoms with Crippen molar-refractivity contribution in [3.8, 4) is 5.75 Å². The van der Waals surface area contributed by atoms with Crippen molar-refractivity contribution < 1.29 is 13.5 Å². The molecule has 0 fully saturated rings. The van der Waals surface area contributed by atoms with E-state index in [0.29, 0.717) is 13.9 Å². The minimum absolute atomic E-state index is 0.0892. The van der Waals surface area contributed by atoms with Gasteiger partial charge in [0.2, 0.25) is 9.84 Å². The lowest BCUT2D eigenvalue weighted by Gasteiger charge is -2.09. The third-order valence-electron chi connectivity index (χ3n) is 2.58. The van der Waals surface area contributed by atoms with Crippen molar-refractivity contribution in [2.24, 2.45) is 0 Å². The van der Waals surface area contributed by atoms with Gasteiger partial charge in [-0.25, -0.2) is 8.42 Å². The van der Waals surface area contributed by atoms with Crippen LogP contribution in [0.3, 0.4) is 0 Å². The molecule has 3 nitrogen and oxygen atoms in total. The molecule has 0 bridgehead atoms. The Labute approximate surface area is 108 Å². The third kappa shape index (κ3) is 2.40. The van der Waals surface area contributed by atoms with Gasteiger partial charge in [0.05, 0.1) is 9.79 Å². The summed E-state index contributed by atoms with van der Waals surface area (Å²) in [5.41, 5.74) is 0. The van der Waals surface area contributed by atoms with Crippen LogP contribution in [-0.2, 0) is 9.84 Å². The van der Waals surface area contributed by atoms with Gasteiger partial charge in [0, 0.05) is 0 Å². The molecule has 0 radical (unpaired) electrons. The van der Waals surface area contributed by atoms with Crippen LogP contribution in [0.5, 0.6) is 5.75 Å². The van der Waals surface area contributed by atoms with Gasteiger partial charge in [-0.05, 0) is 42.3 Å². The van der Waals surface area contributed by atoms with Crippen molar-refractivity contribution in [2.75, 3.05) is 6.66 Å². The Morgan fingerprint density at radius 2 is 1.72 bits per heavy atom. The number of sulfone groups is 1.